The molecule has 0 radical (unpaired) electrons. The molecule has 1 unspecified atom stereocenters. The molecule has 0 aliphatic carbocycles. The highest BCUT2D eigenvalue weighted by atomic mass is 16.5. The Labute approximate surface area is 202 Å². The molecule has 1 aliphatic heterocycles. The number of ether oxygens (including phenoxy) is 4. The van der Waals surface area contributed by atoms with Crippen molar-refractivity contribution in [1.82, 2.24) is 5.32 Å². The second-order valence-corrected chi connectivity index (χ2v) is 7.48. The van der Waals surface area contributed by atoms with Gasteiger partial charge in [-0.25, -0.2) is 14.4 Å². The molecule has 1 heterocycles. The Bertz CT molecular complexity index is 1200. The average Bonchev–Trinajstić information content (AvgIpc) is 2.83. The molecule has 1 N–H and O–H groups in total. The molecule has 1 atom stereocenters. The Morgan fingerprint density at radius 3 is 2.43 bits per heavy atom. The number of nitrogens with one attached hydrogen (secondary N) is 1. The number of methoxy groups -OCH3 is 2. The summed E-state index contributed by atoms with van der Waals surface area (Å²) in [6.45, 7) is 4.60. The zero-order valence-corrected chi connectivity index (χ0v) is 20.0. The van der Waals surface area contributed by atoms with Crippen LogP contribution in [0.25, 0.3) is 0 Å². The SMILES string of the molecule is CCOC(=O)C1=C(C)N(c2cccc(C(=O)OC)c2)C(=O)NC1c1cc(OC)ccc1OC(C)=O. The number of rotatable bonds is 7. The van der Waals surface area contributed by atoms with Gasteiger partial charge in [0, 0.05) is 18.2 Å². The fourth-order valence-electron chi connectivity index (χ4n) is 3.78. The standard InChI is InChI=1S/C25H26N2O8/c1-6-34-24(30)21-14(2)27(17-9-7-8-16(12-17)23(29)33-5)25(31)26-22(21)19-13-18(32-4)10-11-20(19)35-15(3)28/h7-13,22H,6H2,1-5H3,(H,26,31). The van der Waals surface area contributed by atoms with Crippen LogP contribution in [-0.4, -0.2) is 44.8 Å². The summed E-state index contributed by atoms with van der Waals surface area (Å²) in [5.41, 5.74) is 1.30. The number of carbonyl (C=O) groups excluding carboxylic acids is 4. The molecule has 0 saturated heterocycles. The Kier molecular flexibility index (Phi) is 7.75. The van der Waals surface area contributed by atoms with Gasteiger partial charge >= 0.3 is 23.9 Å². The largest absolute Gasteiger partial charge is 0.497 e. The number of urea groups is 1. The number of allylic oxidation sites excluding steroid dienone is 1. The van der Waals surface area contributed by atoms with E-state index in [0.29, 0.717) is 17.0 Å². The fourth-order valence-corrected chi connectivity index (χ4v) is 3.78. The first kappa shape index (κ1) is 25.3. The van der Waals surface area contributed by atoms with Crippen molar-refractivity contribution >= 4 is 29.6 Å². The van der Waals surface area contributed by atoms with Crippen molar-refractivity contribution in [3.05, 3.63) is 64.9 Å². The van der Waals surface area contributed by atoms with Gasteiger partial charge in [-0.1, -0.05) is 6.07 Å². The lowest BCUT2D eigenvalue weighted by molar-refractivity contribution is -0.139. The van der Waals surface area contributed by atoms with Gasteiger partial charge in [-0.3, -0.25) is 9.69 Å². The second kappa shape index (κ2) is 10.7. The smallest absolute Gasteiger partial charge is 0.338 e. The molecule has 184 valence electrons. The molecule has 0 aromatic heterocycles. The van der Waals surface area contributed by atoms with Gasteiger partial charge < -0.3 is 24.3 Å². The number of hydrogen-bond donors (Lipinski definition) is 1. The summed E-state index contributed by atoms with van der Waals surface area (Å²) in [5, 5.41) is 2.79. The van der Waals surface area contributed by atoms with Crippen LogP contribution in [0.3, 0.4) is 0 Å². The summed E-state index contributed by atoms with van der Waals surface area (Å²) in [6, 6.07) is 9.35. The Hall–Kier alpha value is -4.34. The summed E-state index contributed by atoms with van der Waals surface area (Å²) in [6.07, 6.45) is 0. The minimum absolute atomic E-state index is 0.100. The zero-order chi connectivity index (χ0) is 25.7. The van der Waals surface area contributed by atoms with Crippen molar-refractivity contribution in [2.45, 2.75) is 26.8 Å². The van der Waals surface area contributed by atoms with Gasteiger partial charge in [-0.05, 0) is 50.2 Å². The van der Waals surface area contributed by atoms with Gasteiger partial charge in [0.1, 0.15) is 11.5 Å². The van der Waals surface area contributed by atoms with E-state index in [1.54, 1.807) is 44.2 Å². The third-order valence-electron chi connectivity index (χ3n) is 5.29. The first-order chi connectivity index (χ1) is 16.7. The van der Waals surface area contributed by atoms with E-state index >= 15 is 0 Å². The Balaban J connectivity index is 2.21. The van der Waals surface area contributed by atoms with Gasteiger partial charge in [-0.2, -0.15) is 0 Å². The molecule has 10 nitrogen and oxygen atoms in total. The number of benzene rings is 2. The number of hydrogen-bond acceptors (Lipinski definition) is 8. The van der Waals surface area contributed by atoms with Crippen molar-refractivity contribution < 1.29 is 38.1 Å². The second-order valence-electron chi connectivity index (χ2n) is 7.48. The highest BCUT2D eigenvalue weighted by Crippen LogP contribution is 2.39. The third-order valence-corrected chi connectivity index (χ3v) is 5.29. The minimum atomic E-state index is -1.01. The van der Waals surface area contributed by atoms with E-state index in [1.807, 2.05) is 0 Å². The lowest BCUT2D eigenvalue weighted by Crippen LogP contribution is -2.48. The van der Waals surface area contributed by atoms with Crippen molar-refractivity contribution in [2.75, 3.05) is 25.7 Å². The van der Waals surface area contributed by atoms with Crippen molar-refractivity contribution in [2.24, 2.45) is 0 Å². The number of nitrogens with zero attached hydrogens (tertiary/aromatic N) is 1. The molecule has 0 fully saturated rings. The Morgan fingerprint density at radius 1 is 1.06 bits per heavy atom. The summed E-state index contributed by atoms with van der Waals surface area (Å²) < 4.78 is 20.7. The molecular formula is C25H26N2O8. The third kappa shape index (κ3) is 5.26. The van der Waals surface area contributed by atoms with Crippen LogP contribution in [0.1, 0.15) is 42.7 Å². The molecule has 0 bridgehead atoms. The number of amides is 2. The summed E-state index contributed by atoms with van der Waals surface area (Å²) in [5.74, 6) is -1.23. The lowest BCUT2D eigenvalue weighted by atomic mass is 9.93. The summed E-state index contributed by atoms with van der Waals surface area (Å²) in [7, 11) is 2.72. The fraction of sp³-hybridized carbons (Fsp3) is 0.280. The van der Waals surface area contributed by atoms with Crippen LogP contribution < -0.4 is 19.7 Å². The predicted octanol–water partition coefficient (Wildman–Crippen LogP) is 3.52. The van der Waals surface area contributed by atoms with E-state index in [4.69, 9.17) is 18.9 Å². The number of carbonyl (C=O) groups is 4. The van der Waals surface area contributed by atoms with Gasteiger partial charge in [0.25, 0.3) is 0 Å². The van der Waals surface area contributed by atoms with Crippen LogP contribution in [0.5, 0.6) is 11.5 Å². The normalized spacial score (nSPS) is 15.3. The van der Waals surface area contributed by atoms with Gasteiger partial charge in [0.05, 0.1) is 43.7 Å². The molecule has 1 aliphatic rings. The molecule has 35 heavy (non-hydrogen) atoms. The maximum atomic E-state index is 13.3. The van der Waals surface area contributed by atoms with Crippen molar-refractivity contribution in [3.8, 4) is 11.5 Å². The van der Waals surface area contributed by atoms with E-state index in [9.17, 15) is 19.2 Å². The van der Waals surface area contributed by atoms with Crippen LogP contribution in [0.4, 0.5) is 10.5 Å². The van der Waals surface area contributed by atoms with Gasteiger partial charge in [0.2, 0.25) is 0 Å². The van der Waals surface area contributed by atoms with Crippen LogP contribution in [0, 0.1) is 0 Å². The lowest BCUT2D eigenvalue weighted by Gasteiger charge is -2.36. The molecule has 0 saturated carbocycles. The minimum Gasteiger partial charge on any atom is -0.497 e. The van der Waals surface area contributed by atoms with Gasteiger partial charge in [0.15, 0.2) is 0 Å². The van der Waals surface area contributed by atoms with Crippen LogP contribution in [0.2, 0.25) is 0 Å². The maximum absolute atomic E-state index is 13.3. The molecule has 2 amide bonds. The average molecular weight is 482 g/mol. The molecular weight excluding hydrogens is 456 g/mol. The number of esters is 3. The van der Waals surface area contributed by atoms with E-state index in [0.717, 1.165) is 0 Å². The molecule has 3 rings (SSSR count). The van der Waals surface area contributed by atoms with Crippen LogP contribution >= 0.6 is 0 Å². The summed E-state index contributed by atoms with van der Waals surface area (Å²) in [4.78, 5) is 51.4. The van der Waals surface area contributed by atoms with E-state index in [2.05, 4.69) is 5.32 Å². The maximum Gasteiger partial charge on any atom is 0.338 e. The first-order valence-corrected chi connectivity index (χ1v) is 10.7. The number of anilines is 1. The molecule has 0 spiro atoms. The predicted molar refractivity (Wildman–Crippen MR) is 125 cm³/mol. The van der Waals surface area contributed by atoms with Crippen molar-refractivity contribution in [3.63, 3.8) is 0 Å². The van der Waals surface area contributed by atoms with Gasteiger partial charge in [-0.15, -0.1) is 0 Å². The Morgan fingerprint density at radius 2 is 1.80 bits per heavy atom. The van der Waals surface area contributed by atoms with Crippen LogP contribution in [0.15, 0.2) is 53.7 Å². The molecule has 2 aromatic rings. The first-order valence-electron chi connectivity index (χ1n) is 10.7. The van der Waals surface area contributed by atoms with E-state index in [1.165, 1.54) is 38.2 Å². The molecule has 10 heteroatoms. The van der Waals surface area contributed by atoms with Crippen molar-refractivity contribution in [1.29, 1.82) is 0 Å². The van der Waals surface area contributed by atoms with E-state index < -0.39 is 30.0 Å². The topological polar surface area (TPSA) is 120 Å². The van der Waals surface area contributed by atoms with Crippen LogP contribution in [-0.2, 0) is 19.1 Å². The highest BCUT2D eigenvalue weighted by molar-refractivity contribution is 6.04. The monoisotopic (exact) mass is 482 g/mol. The van der Waals surface area contributed by atoms with E-state index in [-0.39, 0.29) is 29.2 Å². The zero-order valence-electron chi connectivity index (χ0n) is 20.0. The highest BCUT2D eigenvalue weighted by Gasteiger charge is 2.39. The molecule has 2 aromatic carbocycles. The quantitative estimate of drug-likeness (QED) is 0.470. The summed E-state index contributed by atoms with van der Waals surface area (Å²) >= 11 is 0.